The molecule has 1 unspecified atom stereocenters. The normalized spacial score (nSPS) is 13.1. The van der Waals surface area contributed by atoms with Crippen LogP contribution in [0, 0.1) is 0 Å². The topological polar surface area (TPSA) is 106 Å². The molecule has 200 valence electrons. The number of amides is 1. The van der Waals surface area contributed by atoms with Crippen molar-refractivity contribution in [2.45, 2.75) is 72.5 Å². The van der Waals surface area contributed by atoms with E-state index in [1.807, 2.05) is 38.2 Å². The molecule has 0 aliphatic heterocycles. The van der Waals surface area contributed by atoms with E-state index < -0.39 is 12.4 Å². The Morgan fingerprint density at radius 1 is 1.28 bits per heavy atom. The van der Waals surface area contributed by atoms with Gasteiger partial charge in [-0.15, -0.1) is 11.3 Å². The van der Waals surface area contributed by atoms with Crippen molar-refractivity contribution in [3.63, 3.8) is 0 Å². The number of H-pyrrole nitrogens is 1. The van der Waals surface area contributed by atoms with Crippen molar-refractivity contribution in [3.8, 4) is 5.75 Å². The Morgan fingerprint density at radius 2 is 2.00 bits per heavy atom. The third kappa shape index (κ3) is 8.80. The summed E-state index contributed by atoms with van der Waals surface area (Å²) >= 11 is 1.54. The van der Waals surface area contributed by atoms with Gasteiger partial charge in [-0.3, -0.25) is 5.32 Å². The predicted molar refractivity (Wildman–Crippen MR) is 150 cm³/mol. The van der Waals surface area contributed by atoms with Crippen molar-refractivity contribution in [1.29, 1.82) is 0 Å². The summed E-state index contributed by atoms with van der Waals surface area (Å²) in [5.74, 6) is 0.701. The molecule has 1 aromatic carbocycles. The van der Waals surface area contributed by atoms with Crippen LogP contribution in [0.5, 0.6) is 5.75 Å². The lowest BCUT2D eigenvalue weighted by Gasteiger charge is -2.17. The molecule has 1 aliphatic carbocycles. The Morgan fingerprint density at radius 3 is 2.67 bits per heavy atom. The highest BCUT2D eigenvalue weighted by atomic mass is 32.1. The summed E-state index contributed by atoms with van der Waals surface area (Å²) in [6.45, 7) is 9.53. The summed E-state index contributed by atoms with van der Waals surface area (Å²) in [7, 11) is 4.11. The second-order valence-electron chi connectivity index (χ2n) is 8.65. The van der Waals surface area contributed by atoms with Crippen LogP contribution in [0.1, 0.15) is 63.1 Å². The first kappa shape index (κ1) is 29.6. The maximum Gasteiger partial charge on any atom is 0.416 e. The largest absolute Gasteiger partial charge is 0.454 e. The highest BCUT2D eigenvalue weighted by molar-refractivity contribution is 7.15. The molecular weight excluding hydrogens is 474 g/mol. The Bertz CT molecular complexity index is 1040. The summed E-state index contributed by atoms with van der Waals surface area (Å²) < 4.78 is 11.4. The molecule has 0 fully saturated rings. The average Bonchev–Trinajstić information content (AvgIpc) is 3.48. The summed E-state index contributed by atoms with van der Waals surface area (Å²) in [5.41, 5.74) is 8.32. The number of aromatic amines is 1. The molecule has 9 heteroatoms. The molecule has 1 atom stereocenters. The molecule has 4 N–H and O–H groups in total. The van der Waals surface area contributed by atoms with Crippen LogP contribution in [-0.4, -0.2) is 54.4 Å². The summed E-state index contributed by atoms with van der Waals surface area (Å²) in [4.78, 5) is 23.6. The van der Waals surface area contributed by atoms with E-state index in [1.165, 1.54) is 28.2 Å². The van der Waals surface area contributed by atoms with Gasteiger partial charge in [0.25, 0.3) is 0 Å². The number of rotatable bonds is 8. The molecule has 0 saturated heterocycles. The Balaban J connectivity index is 0.000000694. The molecule has 3 aromatic rings. The van der Waals surface area contributed by atoms with Crippen LogP contribution in [-0.2, 0) is 24.0 Å². The van der Waals surface area contributed by atoms with Gasteiger partial charge >= 0.3 is 6.09 Å². The van der Waals surface area contributed by atoms with Gasteiger partial charge in [0, 0.05) is 35.4 Å². The lowest BCUT2D eigenvalue weighted by molar-refractivity contribution is -0.0109. The standard InChI is InChI=1S/C22H28N4O3S.C3H9N.C2H6/c1-14(29-22(27)25-21-24-16-7-4-5-10-19(16)30-21)28-18-9-6-8-17-20(18)15(13-23-17)11-12-26(2)3;1-2-3-4;1-2/h6,8-9,13-14,23H,4-5,7,10-12H2,1-3H3,(H,24,25,27);2-4H2,1H3;1-2H3. The zero-order valence-corrected chi connectivity index (χ0v) is 23.5. The molecule has 8 nitrogen and oxygen atoms in total. The second kappa shape index (κ2) is 15.5. The lowest BCUT2D eigenvalue weighted by atomic mass is 10.0. The minimum atomic E-state index is -0.734. The van der Waals surface area contributed by atoms with Crippen LogP contribution in [0.2, 0.25) is 0 Å². The van der Waals surface area contributed by atoms with Crippen molar-refractivity contribution >= 4 is 33.5 Å². The third-order valence-electron chi connectivity index (χ3n) is 5.49. The number of nitrogens with zero attached hydrogens (tertiary/aromatic N) is 2. The minimum absolute atomic E-state index is 0.553. The number of nitrogens with one attached hydrogen (secondary N) is 2. The number of likely N-dealkylation sites (N-methyl/N-ethyl adjacent to an activating group) is 1. The first-order valence-electron chi connectivity index (χ1n) is 13.0. The van der Waals surface area contributed by atoms with Gasteiger partial charge in [-0.25, -0.2) is 9.78 Å². The number of carbonyl (C=O) groups is 1. The van der Waals surface area contributed by atoms with Gasteiger partial charge < -0.3 is 25.1 Å². The van der Waals surface area contributed by atoms with Gasteiger partial charge in [0.1, 0.15) is 5.75 Å². The number of nitrogens with two attached hydrogens (primary N) is 1. The van der Waals surface area contributed by atoms with Crippen LogP contribution < -0.4 is 15.8 Å². The van der Waals surface area contributed by atoms with Crippen molar-refractivity contribution in [1.82, 2.24) is 14.9 Å². The molecule has 4 rings (SSSR count). The van der Waals surface area contributed by atoms with Gasteiger partial charge in [-0.1, -0.05) is 26.8 Å². The van der Waals surface area contributed by atoms with Crippen molar-refractivity contribution in [2.24, 2.45) is 5.73 Å². The number of benzene rings is 1. The van der Waals surface area contributed by atoms with Gasteiger partial charge in [-0.2, -0.15) is 0 Å². The molecule has 36 heavy (non-hydrogen) atoms. The number of aromatic nitrogens is 2. The Kier molecular flexibility index (Phi) is 12.7. The van der Waals surface area contributed by atoms with Crippen LogP contribution in [0.15, 0.2) is 24.4 Å². The van der Waals surface area contributed by atoms with Crippen molar-refractivity contribution in [3.05, 3.63) is 40.5 Å². The number of carbonyl (C=O) groups excluding carboxylic acids is 1. The number of aryl methyl sites for hydroxylation is 2. The Labute approximate surface area is 219 Å². The SMILES string of the molecule is CC.CC(OC(=O)Nc1nc2c(s1)CCCC2)Oc1cccc2[nH]cc(CCN(C)C)c12.CCCN. The molecule has 0 radical (unpaired) electrons. The molecular formula is C27H43N5O3S. The summed E-state index contributed by atoms with van der Waals surface area (Å²) in [6.07, 6.45) is 7.10. The van der Waals surface area contributed by atoms with E-state index in [-0.39, 0.29) is 0 Å². The number of anilines is 1. The molecule has 2 aromatic heterocycles. The number of hydrogen-bond donors (Lipinski definition) is 3. The molecule has 0 spiro atoms. The third-order valence-corrected chi connectivity index (χ3v) is 6.56. The quantitative estimate of drug-likeness (QED) is 0.318. The summed E-state index contributed by atoms with van der Waals surface area (Å²) in [6, 6.07) is 5.85. The fourth-order valence-electron chi connectivity index (χ4n) is 3.73. The maximum absolute atomic E-state index is 12.3. The number of fused-ring (bicyclic) bond motifs is 2. The van der Waals surface area contributed by atoms with E-state index in [2.05, 4.69) is 41.2 Å². The van der Waals surface area contributed by atoms with E-state index in [0.29, 0.717) is 10.9 Å². The van der Waals surface area contributed by atoms with Crippen LogP contribution in [0.3, 0.4) is 0 Å². The van der Waals surface area contributed by atoms with Gasteiger partial charge in [0.05, 0.1) is 5.69 Å². The Hall–Kier alpha value is -2.62. The molecule has 2 heterocycles. The second-order valence-corrected chi connectivity index (χ2v) is 9.73. The first-order chi connectivity index (χ1) is 17.4. The van der Waals surface area contributed by atoms with Crippen LogP contribution >= 0.6 is 11.3 Å². The van der Waals surface area contributed by atoms with E-state index >= 15 is 0 Å². The smallest absolute Gasteiger partial charge is 0.416 e. The predicted octanol–water partition coefficient (Wildman–Crippen LogP) is 5.96. The molecule has 0 bridgehead atoms. The number of hydrogen-bond acceptors (Lipinski definition) is 7. The van der Waals surface area contributed by atoms with E-state index in [4.69, 9.17) is 15.2 Å². The fourth-order valence-corrected chi connectivity index (χ4v) is 4.77. The number of thiazole rings is 1. The molecule has 1 aliphatic rings. The highest BCUT2D eigenvalue weighted by Crippen LogP contribution is 2.31. The van der Waals surface area contributed by atoms with Crippen molar-refractivity contribution in [2.75, 3.05) is 32.5 Å². The van der Waals surface area contributed by atoms with Crippen molar-refractivity contribution < 1.29 is 14.3 Å². The lowest BCUT2D eigenvalue weighted by Crippen LogP contribution is -2.24. The summed E-state index contributed by atoms with van der Waals surface area (Å²) in [5, 5.41) is 4.37. The van der Waals surface area contributed by atoms with Gasteiger partial charge in [0.2, 0.25) is 6.29 Å². The first-order valence-corrected chi connectivity index (χ1v) is 13.8. The number of ether oxygens (including phenoxy) is 2. The van der Waals surface area contributed by atoms with Crippen LogP contribution in [0.25, 0.3) is 10.9 Å². The van der Waals surface area contributed by atoms with E-state index in [1.54, 1.807) is 6.92 Å². The van der Waals surface area contributed by atoms with Gasteiger partial charge in [-0.05, 0) is 76.9 Å². The zero-order valence-electron chi connectivity index (χ0n) is 22.6. The highest BCUT2D eigenvalue weighted by Gasteiger charge is 2.19. The van der Waals surface area contributed by atoms with Gasteiger partial charge in [0.15, 0.2) is 5.13 Å². The zero-order chi connectivity index (χ0) is 26.5. The average molecular weight is 518 g/mol. The fraction of sp³-hybridized carbons (Fsp3) is 0.556. The molecule has 1 amide bonds. The van der Waals surface area contributed by atoms with Crippen LogP contribution in [0.4, 0.5) is 9.93 Å². The minimum Gasteiger partial charge on any atom is -0.454 e. The monoisotopic (exact) mass is 517 g/mol. The maximum atomic E-state index is 12.3. The molecule has 0 saturated carbocycles. The van der Waals surface area contributed by atoms with E-state index in [9.17, 15) is 4.79 Å². The van der Waals surface area contributed by atoms with E-state index in [0.717, 1.165) is 61.8 Å².